The van der Waals surface area contributed by atoms with Crippen molar-refractivity contribution in [3.05, 3.63) is 41.8 Å². The van der Waals surface area contributed by atoms with Crippen molar-refractivity contribution < 1.29 is 9.13 Å². The second-order valence-corrected chi connectivity index (χ2v) is 6.98. The number of unbranched alkanes of at least 4 members (excludes halogenated alkanes) is 1. The van der Waals surface area contributed by atoms with Crippen LogP contribution in [0.4, 0.5) is 21.8 Å². The van der Waals surface area contributed by atoms with Crippen molar-refractivity contribution in [3.8, 4) is 11.8 Å². The topological polar surface area (TPSA) is 74.3 Å². The molecule has 0 radical (unpaired) electrons. The highest BCUT2D eigenvalue weighted by atomic mass is 19.1. The third-order valence-electron chi connectivity index (χ3n) is 4.65. The Kier molecular flexibility index (Phi) is 8.84. The lowest BCUT2D eigenvalue weighted by atomic mass is 10.2. The Morgan fingerprint density at radius 3 is 2.90 bits per heavy atom. The van der Waals surface area contributed by atoms with Crippen LogP contribution in [0.3, 0.4) is 0 Å². The summed E-state index contributed by atoms with van der Waals surface area (Å²) < 4.78 is 18.9. The molecular formula is C22H29FN6O. The molecule has 1 fully saturated rings. The summed E-state index contributed by atoms with van der Waals surface area (Å²) >= 11 is 0. The first-order chi connectivity index (χ1) is 14.7. The Hall–Kier alpha value is -2.73. The first-order valence-electron chi connectivity index (χ1n) is 10.3. The van der Waals surface area contributed by atoms with Crippen LogP contribution in [0.1, 0.15) is 18.4 Å². The van der Waals surface area contributed by atoms with Gasteiger partial charge in [0.15, 0.2) is 0 Å². The van der Waals surface area contributed by atoms with E-state index in [1.54, 1.807) is 18.3 Å². The van der Waals surface area contributed by atoms with Crippen molar-refractivity contribution in [2.24, 2.45) is 0 Å². The van der Waals surface area contributed by atoms with Crippen LogP contribution in [0.2, 0.25) is 0 Å². The van der Waals surface area contributed by atoms with E-state index < -0.39 is 0 Å². The van der Waals surface area contributed by atoms with Gasteiger partial charge in [-0.25, -0.2) is 9.37 Å². The van der Waals surface area contributed by atoms with Gasteiger partial charge in [-0.05, 0) is 38.2 Å². The summed E-state index contributed by atoms with van der Waals surface area (Å²) in [7, 11) is 1.93. The van der Waals surface area contributed by atoms with Crippen LogP contribution in [-0.2, 0) is 4.74 Å². The fourth-order valence-electron chi connectivity index (χ4n) is 3.03. The highest BCUT2D eigenvalue weighted by Gasteiger charge is 2.11. The van der Waals surface area contributed by atoms with Gasteiger partial charge in [-0.1, -0.05) is 17.9 Å². The Morgan fingerprint density at radius 2 is 2.10 bits per heavy atom. The fraction of sp³-hybridized carbons (Fsp3) is 0.455. The van der Waals surface area contributed by atoms with Gasteiger partial charge >= 0.3 is 0 Å². The summed E-state index contributed by atoms with van der Waals surface area (Å²) in [6.45, 7) is 6.01. The molecule has 160 valence electrons. The van der Waals surface area contributed by atoms with Gasteiger partial charge in [0.25, 0.3) is 0 Å². The lowest BCUT2D eigenvalue weighted by Crippen LogP contribution is -2.39. The molecule has 1 aromatic heterocycles. The Morgan fingerprint density at radius 1 is 1.23 bits per heavy atom. The van der Waals surface area contributed by atoms with E-state index in [4.69, 9.17) is 4.74 Å². The molecule has 2 heterocycles. The van der Waals surface area contributed by atoms with Crippen molar-refractivity contribution in [1.82, 2.24) is 20.2 Å². The highest BCUT2D eigenvalue weighted by Crippen LogP contribution is 2.18. The summed E-state index contributed by atoms with van der Waals surface area (Å²) in [5.41, 5.74) is 1.35. The monoisotopic (exact) mass is 412 g/mol. The summed E-state index contributed by atoms with van der Waals surface area (Å²) in [5.74, 6) is 7.13. The van der Waals surface area contributed by atoms with Gasteiger partial charge in [-0.3, -0.25) is 4.90 Å². The summed E-state index contributed by atoms with van der Waals surface area (Å²) in [6, 6.07) is 6.22. The van der Waals surface area contributed by atoms with Crippen molar-refractivity contribution in [1.29, 1.82) is 0 Å². The third kappa shape index (κ3) is 7.26. The average Bonchev–Trinajstić information content (AvgIpc) is 2.76. The van der Waals surface area contributed by atoms with Crippen LogP contribution in [0.5, 0.6) is 0 Å². The summed E-state index contributed by atoms with van der Waals surface area (Å²) in [5, 5.41) is 9.56. The van der Waals surface area contributed by atoms with E-state index in [2.05, 4.69) is 42.7 Å². The zero-order chi connectivity index (χ0) is 21.0. The van der Waals surface area contributed by atoms with Crippen molar-refractivity contribution in [2.75, 3.05) is 63.6 Å². The van der Waals surface area contributed by atoms with Gasteiger partial charge in [0, 0.05) is 38.3 Å². The molecule has 1 aliphatic heterocycles. The van der Waals surface area contributed by atoms with Crippen molar-refractivity contribution in [3.63, 3.8) is 0 Å². The van der Waals surface area contributed by atoms with Gasteiger partial charge < -0.3 is 20.7 Å². The number of nitrogens with zero attached hydrogens (tertiary/aromatic N) is 3. The van der Waals surface area contributed by atoms with E-state index in [1.807, 2.05) is 7.05 Å². The van der Waals surface area contributed by atoms with Crippen LogP contribution < -0.4 is 16.0 Å². The second-order valence-electron chi connectivity index (χ2n) is 6.98. The first kappa shape index (κ1) is 22.0. The van der Waals surface area contributed by atoms with Crippen LogP contribution in [0.15, 0.2) is 30.5 Å². The summed E-state index contributed by atoms with van der Waals surface area (Å²) in [4.78, 5) is 11.3. The van der Waals surface area contributed by atoms with Gasteiger partial charge in [0.1, 0.15) is 11.6 Å². The van der Waals surface area contributed by atoms with Crippen molar-refractivity contribution >= 4 is 17.5 Å². The van der Waals surface area contributed by atoms with Crippen LogP contribution >= 0.6 is 0 Å². The molecule has 30 heavy (non-hydrogen) atoms. The average molecular weight is 413 g/mol. The number of halogens is 1. The maximum atomic E-state index is 13.5. The molecule has 1 saturated heterocycles. The molecule has 0 unspecified atom stereocenters. The standard InChI is InChI=1S/C22H29FN6O/c1-24-9-4-2-3-6-18-17-26-22(27-20-8-5-7-19(23)16-20)28-21(18)25-10-11-29-12-14-30-15-13-29/h5,7-8,16-17,24H,2,4,9-15H2,1H3,(H2,25,26,27,28). The molecule has 3 N–H and O–H groups in total. The predicted molar refractivity (Wildman–Crippen MR) is 118 cm³/mol. The molecule has 0 atom stereocenters. The highest BCUT2D eigenvalue weighted by molar-refractivity contribution is 5.59. The van der Waals surface area contributed by atoms with E-state index in [0.717, 1.165) is 64.3 Å². The predicted octanol–water partition coefficient (Wildman–Crippen LogP) is 2.45. The van der Waals surface area contributed by atoms with E-state index in [9.17, 15) is 4.39 Å². The number of hydrogen-bond donors (Lipinski definition) is 3. The molecule has 3 rings (SSSR count). The minimum absolute atomic E-state index is 0.312. The maximum absolute atomic E-state index is 13.5. The van der Waals surface area contributed by atoms with Crippen LogP contribution in [0.25, 0.3) is 0 Å². The van der Waals surface area contributed by atoms with E-state index in [1.165, 1.54) is 12.1 Å². The number of anilines is 3. The zero-order valence-corrected chi connectivity index (χ0v) is 17.4. The smallest absolute Gasteiger partial charge is 0.229 e. The molecule has 2 aromatic rings. The largest absolute Gasteiger partial charge is 0.379 e. The lowest BCUT2D eigenvalue weighted by Gasteiger charge is -2.26. The third-order valence-corrected chi connectivity index (χ3v) is 4.65. The molecule has 0 amide bonds. The van der Waals surface area contributed by atoms with Crippen LogP contribution in [0, 0.1) is 17.7 Å². The SMILES string of the molecule is CNCCCC#Cc1cnc(Nc2cccc(F)c2)nc1NCCN1CCOCC1. The van der Waals surface area contributed by atoms with E-state index >= 15 is 0 Å². The first-order valence-corrected chi connectivity index (χ1v) is 10.3. The number of nitrogens with one attached hydrogen (secondary N) is 3. The number of hydrogen-bond acceptors (Lipinski definition) is 7. The van der Waals surface area contributed by atoms with Crippen LogP contribution in [-0.4, -0.2) is 67.9 Å². The van der Waals surface area contributed by atoms with Gasteiger partial charge in [0.2, 0.25) is 5.95 Å². The Labute approximate surface area is 177 Å². The Balaban J connectivity index is 1.68. The molecule has 1 aromatic carbocycles. The molecule has 0 saturated carbocycles. The Bertz CT molecular complexity index is 860. The van der Waals surface area contributed by atoms with Gasteiger partial charge in [0.05, 0.1) is 25.0 Å². The molecular weight excluding hydrogens is 383 g/mol. The van der Waals surface area contributed by atoms with Gasteiger partial charge in [-0.2, -0.15) is 4.98 Å². The molecule has 8 heteroatoms. The lowest BCUT2D eigenvalue weighted by molar-refractivity contribution is 0.0398. The molecule has 0 spiro atoms. The number of benzene rings is 1. The molecule has 0 bridgehead atoms. The fourth-order valence-corrected chi connectivity index (χ4v) is 3.03. The number of morpholine rings is 1. The minimum atomic E-state index is -0.312. The molecule has 0 aliphatic carbocycles. The molecule has 7 nitrogen and oxygen atoms in total. The number of aromatic nitrogens is 2. The summed E-state index contributed by atoms with van der Waals surface area (Å²) in [6.07, 6.45) is 3.50. The number of rotatable bonds is 9. The quantitative estimate of drug-likeness (QED) is 0.432. The number of ether oxygens (including phenoxy) is 1. The second kappa shape index (κ2) is 12.1. The zero-order valence-electron chi connectivity index (χ0n) is 17.4. The van der Waals surface area contributed by atoms with E-state index in [-0.39, 0.29) is 5.82 Å². The van der Waals surface area contributed by atoms with Crippen molar-refractivity contribution in [2.45, 2.75) is 12.8 Å². The van der Waals surface area contributed by atoms with E-state index in [0.29, 0.717) is 17.5 Å². The van der Waals surface area contributed by atoms with Gasteiger partial charge in [-0.15, -0.1) is 0 Å². The maximum Gasteiger partial charge on any atom is 0.229 e. The minimum Gasteiger partial charge on any atom is -0.379 e. The normalized spacial score (nSPS) is 14.1. The molecule has 1 aliphatic rings.